The Morgan fingerprint density at radius 2 is 2.24 bits per heavy atom. The van der Waals surface area contributed by atoms with Crippen LogP contribution in [0.5, 0.6) is 0 Å². The van der Waals surface area contributed by atoms with Crippen LogP contribution in [0.15, 0.2) is 10.6 Å². The molecular weight excluding hydrogens is 272 g/mol. The Hall–Kier alpha value is -2.05. The van der Waals surface area contributed by atoms with Crippen molar-refractivity contribution in [2.75, 3.05) is 6.54 Å². The fourth-order valence-corrected chi connectivity index (χ4v) is 2.36. The van der Waals surface area contributed by atoms with E-state index >= 15 is 0 Å². The molecule has 1 aliphatic rings. The molecule has 1 aromatic heterocycles. The monoisotopic (exact) mass is 294 g/mol. The van der Waals surface area contributed by atoms with E-state index in [1.165, 1.54) is 0 Å². The molecule has 1 fully saturated rings. The molecule has 7 nitrogen and oxygen atoms in total. The van der Waals surface area contributed by atoms with Gasteiger partial charge in [0.2, 0.25) is 5.91 Å². The van der Waals surface area contributed by atoms with E-state index in [1.807, 2.05) is 20.8 Å². The van der Waals surface area contributed by atoms with Crippen molar-refractivity contribution in [1.29, 1.82) is 0 Å². The lowest BCUT2D eigenvalue weighted by atomic mass is 10.1. The summed E-state index contributed by atoms with van der Waals surface area (Å²) in [5, 5.41) is 9.32. The van der Waals surface area contributed by atoms with Crippen molar-refractivity contribution in [3.05, 3.63) is 17.5 Å². The number of nitrogens with zero attached hydrogens (tertiary/aromatic N) is 2. The molecule has 1 unspecified atom stereocenters. The highest BCUT2D eigenvalue weighted by Crippen LogP contribution is 2.21. The van der Waals surface area contributed by atoms with Gasteiger partial charge in [-0.3, -0.25) is 4.79 Å². The third-order valence-electron chi connectivity index (χ3n) is 3.38. The summed E-state index contributed by atoms with van der Waals surface area (Å²) in [5.41, 5.74) is 0.448. The normalized spacial score (nSPS) is 19.0. The second-order valence-electron chi connectivity index (χ2n) is 6.33. The zero-order chi connectivity index (χ0) is 15.6. The molecular formula is C14H22N4O3. The minimum Gasteiger partial charge on any atom is -0.361 e. The quantitative estimate of drug-likeness (QED) is 0.876. The number of likely N-dealkylation sites (tertiary alicyclic amines) is 1. The van der Waals surface area contributed by atoms with E-state index in [2.05, 4.69) is 15.8 Å². The summed E-state index contributed by atoms with van der Waals surface area (Å²) >= 11 is 0. The Morgan fingerprint density at radius 1 is 1.52 bits per heavy atom. The molecule has 1 aromatic rings. The summed E-state index contributed by atoms with van der Waals surface area (Å²) in [5.74, 6) is 0.773. The van der Waals surface area contributed by atoms with Crippen LogP contribution >= 0.6 is 0 Å². The number of hydrogen-bond donors (Lipinski definition) is 2. The molecule has 21 heavy (non-hydrogen) atoms. The molecule has 1 atom stereocenters. The largest absolute Gasteiger partial charge is 0.361 e. The number of rotatable bonds is 3. The van der Waals surface area contributed by atoms with E-state index in [0.717, 1.165) is 0 Å². The lowest BCUT2D eigenvalue weighted by Crippen LogP contribution is -2.46. The summed E-state index contributed by atoms with van der Waals surface area (Å²) < 4.78 is 4.92. The highest BCUT2D eigenvalue weighted by atomic mass is 16.5. The number of carbonyl (C=O) groups is 2. The number of aryl methyl sites for hydroxylation is 1. The summed E-state index contributed by atoms with van der Waals surface area (Å²) in [6.07, 6.45) is 0.341. The molecule has 0 aliphatic carbocycles. The van der Waals surface area contributed by atoms with Gasteiger partial charge in [0.05, 0.1) is 12.6 Å². The van der Waals surface area contributed by atoms with Gasteiger partial charge in [-0.1, -0.05) is 5.16 Å². The second kappa shape index (κ2) is 5.75. The first-order valence-corrected chi connectivity index (χ1v) is 7.03. The van der Waals surface area contributed by atoms with E-state index in [1.54, 1.807) is 17.9 Å². The molecule has 0 bridgehead atoms. The molecule has 1 saturated heterocycles. The molecule has 7 heteroatoms. The summed E-state index contributed by atoms with van der Waals surface area (Å²) in [6, 6.07) is 1.31. The van der Waals surface area contributed by atoms with Crippen molar-refractivity contribution in [2.45, 2.75) is 52.2 Å². The van der Waals surface area contributed by atoms with Crippen LogP contribution < -0.4 is 10.6 Å². The Morgan fingerprint density at radius 3 is 2.76 bits per heavy atom. The lowest BCUT2D eigenvalue weighted by Gasteiger charge is -2.32. The third-order valence-corrected chi connectivity index (χ3v) is 3.38. The number of aromatic nitrogens is 1. The standard InChI is InChI=1S/C14H22N4O3/c1-9-5-10(17-21-9)7-15-13(20)16-11-6-12(19)18(8-11)14(2,3)4/h5,11H,6-8H2,1-4H3,(H2,15,16,20). The van der Waals surface area contributed by atoms with Crippen molar-refractivity contribution in [3.8, 4) is 0 Å². The fraction of sp³-hybridized carbons (Fsp3) is 0.643. The Balaban J connectivity index is 1.80. The average molecular weight is 294 g/mol. The number of hydrogen-bond acceptors (Lipinski definition) is 4. The molecule has 0 spiro atoms. The maximum absolute atomic E-state index is 11.9. The first kappa shape index (κ1) is 15.3. The van der Waals surface area contributed by atoms with Gasteiger partial charge in [0.15, 0.2) is 0 Å². The van der Waals surface area contributed by atoms with Crippen LogP contribution in [0.4, 0.5) is 4.79 Å². The zero-order valence-electron chi connectivity index (χ0n) is 12.9. The van der Waals surface area contributed by atoms with Crippen molar-refractivity contribution in [3.63, 3.8) is 0 Å². The van der Waals surface area contributed by atoms with Crippen LogP contribution in [-0.4, -0.2) is 40.1 Å². The van der Waals surface area contributed by atoms with Gasteiger partial charge in [0.25, 0.3) is 0 Å². The van der Waals surface area contributed by atoms with Crippen molar-refractivity contribution < 1.29 is 14.1 Å². The summed E-state index contributed by atoms with van der Waals surface area (Å²) in [6.45, 7) is 8.59. The summed E-state index contributed by atoms with van der Waals surface area (Å²) in [4.78, 5) is 25.5. The van der Waals surface area contributed by atoms with Crippen molar-refractivity contribution >= 4 is 11.9 Å². The van der Waals surface area contributed by atoms with Gasteiger partial charge < -0.3 is 20.1 Å². The Labute approximate surface area is 124 Å². The molecule has 116 valence electrons. The molecule has 0 radical (unpaired) electrons. The van der Waals surface area contributed by atoms with E-state index in [0.29, 0.717) is 31.0 Å². The number of carbonyl (C=O) groups excluding carboxylic acids is 2. The highest BCUT2D eigenvalue weighted by molar-refractivity contribution is 5.82. The topological polar surface area (TPSA) is 87.5 Å². The maximum atomic E-state index is 11.9. The molecule has 2 rings (SSSR count). The third kappa shape index (κ3) is 3.96. The predicted octanol–water partition coefficient (Wildman–Crippen LogP) is 1.18. The average Bonchev–Trinajstić information content (AvgIpc) is 2.92. The van der Waals surface area contributed by atoms with E-state index in [9.17, 15) is 9.59 Å². The minimum absolute atomic E-state index is 0.0694. The molecule has 0 saturated carbocycles. The van der Waals surface area contributed by atoms with Gasteiger partial charge in [-0.25, -0.2) is 4.79 Å². The van der Waals surface area contributed by atoms with Gasteiger partial charge in [-0.2, -0.15) is 0 Å². The molecule has 1 aliphatic heterocycles. The van der Waals surface area contributed by atoms with Gasteiger partial charge in [0, 0.05) is 24.6 Å². The van der Waals surface area contributed by atoms with Gasteiger partial charge in [0.1, 0.15) is 11.5 Å². The zero-order valence-corrected chi connectivity index (χ0v) is 12.9. The SMILES string of the molecule is Cc1cc(CNC(=O)NC2CC(=O)N(C(C)(C)C)C2)no1. The fourth-order valence-electron chi connectivity index (χ4n) is 2.36. The smallest absolute Gasteiger partial charge is 0.315 e. The van der Waals surface area contributed by atoms with Crippen LogP contribution in [0.1, 0.15) is 38.6 Å². The Bertz CT molecular complexity index is 533. The lowest BCUT2D eigenvalue weighted by molar-refractivity contribution is -0.131. The molecule has 0 aromatic carbocycles. The first-order chi connectivity index (χ1) is 9.75. The van der Waals surface area contributed by atoms with Gasteiger partial charge in [-0.15, -0.1) is 0 Å². The molecule has 3 amide bonds. The van der Waals surface area contributed by atoms with Crippen LogP contribution in [0, 0.1) is 6.92 Å². The maximum Gasteiger partial charge on any atom is 0.315 e. The van der Waals surface area contributed by atoms with Crippen LogP contribution in [0.3, 0.4) is 0 Å². The van der Waals surface area contributed by atoms with Crippen molar-refractivity contribution in [1.82, 2.24) is 20.7 Å². The van der Waals surface area contributed by atoms with E-state index < -0.39 is 0 Å². The number of nitrogens with one attached hydrogen (secondary N) is 2. The van der Waals surface area contributed by atoms with Crippen LogP contribution in [-0.2, 0) is 11.3 Å². The minimum atomic E-state index is -0.302. The van der Waals surface area contributed by atoms with E-state index in [4.69, 9.17) is 4.52 Å². The Kier molecular flexibility index (Phi) is 4.20. The van der Waals surface area contributed by atoms with Gasteiger partial charge >= 0.3 is 6.03 Å². The number of amides is 3. The summed E-state index contributed by atoms with van der Waals surface area (Å²) in [7, 11) is 0. The molecule has 2 N–H and O–H groups in total. The van der Waals surface area contributed by atoms with Crippen molar-refractivity contribution in [2.24, 2.45) is 0 Å². The second-order valence-corrected chi connectivity index (χ2v) is 6.33. The first-order valence-electron chi connectivity index (χ1n) is 7.03. The van der Waals surface area contributed by atoms with Crippen LogP contribution in [0.25, 0.3) is 0 Å². The molecule has 2 heterocycles. The highest BCUT2D eigenvalue weighted by Gasteiger charge is 2.36. The van der Waals surface area contributed by atoms with Crippen LogP contribution in [0.2, 0.25) is 0 Å². The predicted molar refractivity (Wildman–Crippen MR) is 76.5 cm³/mol. The van der Waals surface area contributed by atoms with E-state index in [-0.39, 0.29) is 23.5 Å². The van der Waals surface area contributed by atoms with Gasteiger partial charge in [-0.05, 0) is 27.7 Å². The number of urea groups is 1.